The Morgan fingerprint density at radius 3 is 2.82 bits per heavy atom. The van der Waals surface area contributed by atoms with Crippen LogP contribution in [0.1, 0.15) is 5.82 Å². The van der Waals surface area contributed by atoms with Gasteiger partial charge >= 0.3 is 6.09 Å². The van der Waals surface area contributed by atoms with Gasteiger partial charge in [-0.1, -0.05) is 36.9 Å². The van der Waals surface area contributed by atoms with Crippen LogP contribution in [0.5, 0.6) is 0 Å². The molecule has 0 saturated carbocycles. The Bertz CT molecular complexity index is 1120. The predicted molar refractivity (Wildman–Crippen MR) is 110 cm³/mol. The van der Waals surface area contributed by atoms with Gasteiger partial charge in [-0.15, -0.1) is 0 Å². The zero-order chi connectivity index (χ0) is 20.3. The van der Waals surface area contributed by atoms with Crippen LogP contribution >= 0.6 is 11.6 Å². The molecule has 3 rings (SSSR count). The Morgan fingerprint density at radius 2 is 2.11 bits per heavy atom. The van der Waals surface area contributed by atoms with Gasteiger partial charge in [-0.3, -0.25) is 5.32 Å². The number of carbonyl (C=O) groups is 1. The molecule has 1 aromatic heterocycles. The van der Waals surface area contributed by atoms with E-state index in [1.165, 1.54) is 30.4 Å². The van der Waals surface area contributed by atoms with Crippen LogP contribution in [0, 0.1) is 12.7 Å². The molecule has 1 heterocycles. The van der Waals surface area contributed by atoms with E-state index in [-0.39, 0.29) is 16.5 Å². The SMILES string of the molecule is C=C/C=C(\C=C)OC(=O)Nc1cc(Cl)c(-c2ccc3nc(C)[nH]c3c2)cc1F. The van der Waals surface area contributed by atoms with Gasteiger partial charge in [0.25, 0.3) is 0 Å². The fraction of sp³-hybridized carbons (Fsp3) is 0.0476. The highest BCUT2D eigenvalue weighted by atomic mass is 35.5. The molecular formula is C21H17ClFN3O2. The average molecular weight is 398 g/mol. The molecule has 3 aromatic rings. The maximum absolute atomic E-state index is 14.6. The summed E-state index contributed by atoms with van der Waals surface area (Å²) in [6.07, 6.45) is 3.35. The number of carbonyl (C=O) groups excluding carboxylic acids is 1. The molecule has 0 bridgehead atoms. The number of fused-ring (bicyclic) bond motifs is 1. The highest BCUT2D eigenvalue weighted by molar-refractivity contribution is 6.33. The number of imidazole rings is 1. The van der Waals surface area contributed by atoms with Crippen molar-refractivity contribution in [2.24, 2.45) is 0 Å². The summed E-state index contributed by atoms with van der Waals surface area (Å²) in [5, 5.41) is 2.60. The maximum atomic E-state index is 14.6. The number of ether oxygens (including phenoxy) is 1. The molecule has 142 valence electrons. The summed E-state index contributed by atoms with van der Waals surface area (Å²) >= 11 is 6.33. The smallest absolute Gasteiger partial charge is 0.410 e. The number of amides is 1. The summed E-state index contributed by atoms with van der Waals surface area (Å²) in [6, 6.07) is 8.07. The molecule has 0 aliphatic rings. The Labute approximate surface area is 166 Å². The van der Waals surface area contributed by atoms with Crippen molar-refractivity contribution in [1.82, 2.24) is 9.97 Å². The number of halogens is 2. The number of hydrogen-bond donors (Lipinski definition) is 2. The molecule has 0 unspecified atom stereocenters. The van der Waals surface area contributed by atoms with Gasteiger partial charge in [0.2, 0.25) is 0 Å². The van der Waals surface area contributed by atoms with Crippen LogP contribution in [0.4, 0.5) is 14.9 Å². The first-order chi connectivity index (χ1) is 13.4. The second-order valence-corrected chi connectivity index (χ2v) is 6.30. The number of aromatic amines is 1. The minimum Gasteiger partial charge on any atom is -0.410 e. The van der Waals surface area contributed by atoms with Gasteiger partial charge in [0.15, 0.2) is 0 Å². The van der Waals surface area contributed by atoms with Crippen LogP contribution in [0.15, 0.2) is 67.5 Å². The first-order valence-electron chi connectivity index (χ1n) is 8.31. The number of anilines is 1. The van der Waals surface area contributed by atoms with Crippen LogP contribution in [-0.4, -0.2) is 16.1 Å². The largest absolute Gasteiger partial charge is 0.417 e. The van der Waals surface area contributed by atoms with E-state index < -0.39 is 11.9 Å². The van der Waals surface area contributed by atoms with Crippen LogP contribution < -0.4 is 5.32 Å². The number of hydrogen-bond acceptors (Lipinski definition) is 3. The first kappa shape index (κ1) is 19.4. The van der Waals surface area contributed by atoms with E-state index in [4.69, 9.17) is 16.3 Å². The highest BCUT2D eigenvalue weighted by Crippen LogP contribution is 2.33. The van der Waals surface area contributed by atoms with Crippen molar-refractivity contribution in [3.63, 3.8) is 0 Å². The van der Waals surface area contributed by atoms with Crippen LogP contribution in [-0.2, 0) is 4.74 Å². The Balaban J connectivity index is 1.87. The van der Waals surface area contributed by atoms with Gasteiger partial charge in [-0.25, -0.2) is 14.2 Å². The van der Waals surface area contributed by atoms with E-state index in [9.17, 15) is 9.18 Å². The second kappa shape index (κ2) is 8.10. The highest BCUT2D eigenvalue weighted by Gasteiger charge is 2.14. The van der Waals surface area contributed by atoms with Gasteiger partial charge in [0.05, 0.1) is 21.7 Å². The van der Waals surface area contributed by atoms with Crippen molar-refractivity contribution in [2.45, 2.75) is 6.92 Å². The lowest BCUT2D eigenvalue weighted by molar-refractivity contribution is 0.194. The van der Waals surface area contributed by atoms with Gasteiger partial charge in [0.1, 0.15) is 17.4 Å². The summed E-state index contributed by atoms with van der Waals surface area (Å²) in [5.74, 6) is 0.316. The van der Waals surface area contributed by atoms with Gasteiger partial charge in [-0.2, -0.15) is 0 Å². The molecule has 7 heteroatoms. The van der Waals surface area contributed by atoms with Gasteiger partial charge in [0, 0.05) is 5.56 Å². The number of nitrogens with zero attached hydrogens (tertiary/aromatic N) is 1. The third-order valence-corrected chi connectivity index (χ3v) is 4.21. The van der Waals surface area contributed by atoms with Crippen LogP contribution in [0.25, 0.3) is 22.2 Å². The molecule has 1 amide bonds. The number of benzene rings is 2. The van der Waals surface area contributed by atoms with E-state index in [1.807, 2.05) is 19.1 Å². The molecule has 5 nitrogen and oxygen atoms in total. The van der Waals surface area contributed by atoms with Crippen molar-refractivity contribution in [1.29, 1.82) is 0 Å². The van der Waals surface area contributed by atoms with Crippen molar-refractivity contribution >= 4 is 34.4 Å². The zero-order valence-corrected chi connectivity index (χ0v) is 15.8. The van der Waals surface area contributed by atoms with Crippen LogP contribution in [0.3, 0.4) is 0 Å². The fourth-order valence-corrected chi connectivity index (χ4v) is 2.94. The monoisotopic (exact) mass is 397 g/mol. The van der Waals surface area contributed by atoms with Crippen LogP contribution in [0.2, 0.25) is 5.02 Å². The second-order valence-electron chi connectivity index (χ2n) is 5.89. The van der Waals surface area contributed by atoms with E-state index >= 15 is 0 Å². The Kier molecular flexibility index (Phi) is 5.61. The molecule has 0 aliphatic carbocycles. The van der Waals surface area contributed by atoms with Crippen molar-refractivity contribution in [3.8, 4) is 11.1 Å². The molecule has 0 fully saturated rings. The lowest BCUT2D eigenvalue weighted by Gasteiger charge is -2.11. The van der Waals surface area contributed by atoms with E-state index in [0.717, 1.165) is 22.4 Å². The number of nitrogens with one attached hydrogen (secondary N) is 2. The fourth-order valence-electron chi connectivity index (χ4n) is 2.67. The molecular weight excluding hydrogens is 381 g/mol. The van der Waals surface area contributed by atoms with E-state index in [2.05, 4.69) is 28.4 Å². The summed E-state index contributed by atoms with van der Waals surface area (Å²) in [7, 11) is 0. The van der Waals surface area contributed by atoms with E-state index in [0.29, 0.717) is 5.56 Å². The normalized spacial score (nSPS) is 11.3. The molecule has 2 aromatic carbocycles. The number of allylic oxidation sites excluding steroid dienone is 3. The van der Waals surface area contributed by atoms with Crippen molar-refractivity contribution in [3.05, 3.63) is 84.1 Å². The minimum absolute atomic E-state index is 0.0979. The quantitative estimate of drug-likeness (QED) is 0.401. The average Bonchev–Trinajstić information content (AvgIpc) is 3.03. The molecule has 0 saturated heterocycles. The third kappa shape index (κ3) is 4.13. The Hall–Kier alpha value is -3.38. The summed E-state index contributed by atoms with van der Waals surface area (Å²) in [6.45, 7) is 8.88. The molecule has 0 radical (unpaired) electrons. The summed E-state index contributed by atoms with van der Waals surface area (Å²) < 4.78 is 19.6. The maximum Gasteiger partial charge on any atom is 0.417 e. The van der Waals surface area contributed by atoms with Crippen molar-refractivity contribution < 1.29 is 13.9 Å². The lowest BCUT2D eigenvalue weighted by atomic mass is 10.0. The molecule has 2 N–H and O–H groups in total. The zero-order valence-electron chi connectivity index (χ0n) is 15.1. The molecule has 0 spiro atoms. The summed E-state index contributed by atoms with van der Waals surface area (Å²) in [4.78, 5) is 19.4. The third-order valence-electron chi connectivity index (χ3n) is 3.90. The number of H-pyrrole nitrogens is 1. The minimum atomic E-state index is -0.870. The van der Waals surface area contributed by atoms with E-state index in [1.54, 1.807) is 6.07 Å². The molecule has 0 atom stereocenters. The number of aryl methyl sites for hydroxylation is 1. The van der Waals surface area contributed by atoms with Gasteiger partial charge < -0.3 is 9.72 Å². The Morgan fingerprint density at radius 1 is 1.32 bits per heavy atom. The standard InChI is InChI=1S/C21H17ClFN3O2/c1-4-6-14(5-2)28-21(27)26-19-11-16(22)15(10-17(19)23)13-7-8-18-20(9-13)25-12(3)24-18/h4-11H,1-2H2,3H3,(H,24,25)(H,26,27)/b14-6+. The predicted octanol–water partition coefficient (Wildman–Crippen LogP) is 6.14. The number of rotatable bonds is 5. The van der Waals surface area contributed by atoms with Gasteiger partial charge in [-0.05, 0) is 48.9 Å². The first-order valence-corrected chi connectivity index (χ1v) is 8.69. The lowest BCUT2D eigenvalue weighted by Crippen LogP contribution is -2.14. The topological polar surface area (TPSA) is 67.0 Å². The molecule has 0 aliphatic heterocycles. The number of aromatic nitrogens is 2. The van der Waals surface area contributed by atoms with Crippen molar-refractivity contribution in [2.75, 3.05) is 5.32 Å². The summed E-state index contributed by atoms with van der Waals surface area (Å²) in [5.41, 5.74) is 2.74. The molecule has 28 heavy (non-hydrogen) atoms.